The van der Waals surface area contributed by atoms with Crippen molar-refractivity contribution in [2.45, 2.75) is 12.3 Å². The second kappa shape index (κ2) is 4.08. The number of hydrogen-bond acceptors (Lipinski definition) is 2. The lowest BCUT2D eigenvalue weighted by atomic mass is 9.98. The highest BCUT2D eigenvalue weighted by molar-refractivity contribution is 5.89. The summed E-state index contributed by atoms with van der Waals surface area (Å²) in [7, 11) is 3.83. The fraction of sp³-hybridized carbons (Fsp3) is 0.429. The van der Waals surface area contributed by atoms with Crippen LogP contribution in [-0.4, -0.2) is 24.8 Å². The summed E-state index contributed by atoms with van der Waals surface area (Å²) in [6, 6.07) is 6.30. The molecule has 1 fully saturated rings. The van der Waals surface area contributed by atoms with Crippen LogP contribution >= 0.6 is 0 Å². The smallest absolute Gasteiger partial charge is 0.143 e. The molecule has 17 heavy (non-hydrogen) atoms. The van der Waals surface area contributed by atoms with Crippen molar-refractivity contribution in [2.75, 3.05) is 20.2 Å². The summed E-state index contributed by atoms with van der Waals surface area (Å²) in [4.78, 5) is 0. The van der Waals surface area contributed by atoms with E-state index in [9.17, 15) is 0 Å². The Bertz CT molecular complexity index is 538. The number of benzene rings is 1. The third-order valence-electron chi connectivity index (χ3n) is 3.72. The number of rotatable bonds is 2. The molecule has 1 unspecified atom stereocenters. The first-order valence-corrected chi connectivity index (χ1v) is 6.14. The molecule has 0 saturated carbocycles. The Morgan fingerprint density at radius 1 is 1.41 bits per heavy atom. The van der Waals surface area contributed by atoms with Gasteiger partial charge in [0, 0.05) is 25.2 Å². The molecule has 1 aliphatic rings. The van der Waals surface area contributed by atoms with Crippen molar-refractivity contribution < 1.29 is 4.74 Å². The fourth-order valence-corrected chi connectivity index (χ4v) is 2.87. The first-order chi connectivity index (χ1) is 8.31. The zero-order valence-corrected chi connectivity index (χ0v) is 10.4. The van der Waals surface area contributed by atoms with Crippen LogP contribution in [0.25, 0.3) is 10.9 Å². The highest BCUT2D eigenvalue weighted by Crippen LogP contribution is 2.34. The lowest BCUT2D eigenvalue weighted by molar-refractivity contribution is 0.418. The quantitative estimate of drug-likeness (QED) is 0.856. The van der Waals surface area contributed by atoms with E-state index in [2.05, 4.69) is 35.3 Å². The van der Waals surface area contributed by atoms with Gasteiger partial charge in [0.2, 0.25) is 0 Å². The zero-order chi connectivity index (χ0) is 11.8. The summed E-state index contributed by atoms with van der Waals surface area (Å²) in [5.41, 5.74) is 2.66. The Hall–Kier alpha value is -1.48. The largest absolute Gasteiger partial charge is 0.495 e. The third-order valence-corrected chi connectivity index (χ3v) is 3.72. The molecule has 1 N–H and O–H groups in total. The Balaban J connectivity index is 2.20. The van der Waals surface area contributed by atoms with Gasteiger partial charge in [-0.3, -0.25) is 0 Å². The molecule has 0 bridgehead atoms. The van der Waals surface area contributed by atoms with Crippen LogP contribution in [0, 0.1) is 0 Å². The fourth-order valence-electron chi connectivity index (χ4n) is 2.87. The van der Waals surface area contributed by atoms with Crippen molar-refractivity contribution in [3.8, 4) is 5.75 Å². The summed E-state index contributed by atoms with van der Waals surface area (Å²) < 4.78 is 7.63. The maximum Gasteiger partial charge on any atom is 0.143 e. The summed E-state index contributed by atoms with van der Waals surface area (Å²) in [6.07, 6.45) is 3.49. The molecule has 3 nitrogen and oxygen atoms in total. The summed E-state index contributed by atoms with van der Waals surface area (Å²) >= 11 is 0. The van der Waals surface area contributed by atoms with Crippen LogP contribution in [0.15, 0.2) is 24.4 Å². The van der Waals surface area contributed by atoms with Crippen molar-refractivity contribution in [3.05, 3.63) is 30.0 Å². The lowest BCUT2D eigenvalue weighted by Crippen LogP contribution is -2.07. The van der Waals surface area contributed by atoms with E-state index in [0.717, 1.165) is 18.8 Å². The first-order valence-electron chi connectivity index (χ1n) is 6.14. The SMILES string of the molecule is COc1cccc2c(C3CCNC3)cn(C)c12. The minimum atomic E-state index is 0.644. The van der Waals surface area contributed by atoms with Crippen LogP contribution in [0.3, 0.4) is 0 Å². The first kappa shape index (κ1) is 10.7. The van der Waals surface area contributed by atoms with Crippen LogP contribution in [0.4, 0.5) is 0 Å². The van der Waals surface area contributed by atoms with Gasteiger partial charge in [0.15, 0.2) is 0 Å². The van der Waals surface area contributed by atoms with Gasteiger partial charge >= 0.3 is 0 Å². The minimum absolute atomic E-state index is 0.644. The van der Waals surface area contributed by atoms with E-state index in [1.165, 1.54) is 22.9 Å². The third kappa shape index (κ3) is 1.62. The van der Waals surface area contributed by atoms with Crippen LogP contribution in [0.1, 0.15) is 17.9 Å². The molecule has 1 aromatic carbocycles. The summed E-state index contributed by atoms with van der Waals surface area (Å²) in [5, 5.41) is 4.77. The second-order valence-corrected chi connectivity index (χ2v) is 4.74. The van der Waals surface area contributed by atoms with Gasteiger partial charge in [0.25, 0.3) is 0 Å². The van der Waals surface area contributed by atoms with Crippen molar-refractivity contribution in [1.82, 2.24) is 9.88 Å². The number of para-hydroxylation sites is 1. The molecule has 2 aromatic rings. The van der Waals surface area contributed by atoms with Crippen LogP contribution in [0.5, 0.6) is 5.75 Å². The Morgan fingerprint density at radius 2 is 2.29 bits per heavy atom. The van der Waals surface area contributed by atoms with Gasteiger partial charge < -0.3 is 14.6 Å². The molecule has 3 rings (SSSR count). The topological polar surface area (TPSA) is 26.2 Å². The van der Waals surface area contributed by atoms with Gasteiger partial charge in [0.05, 0.1) is 12.6 Å². The van der Waals surface area contributed by atoms with Gasteiger partial charge in [-0.2, -0.15) is 0 Å². The van der Waals surface area contributed by atoms with Crippen LogP contribution in [-0.2, 0) is 7.05 Å². The Morgan fingerprint density at radius 3 is 3.00 bits per heavy atom. The predicted molar refractivity (Wildman–Crippen MR) is 69.7 cm³/mol. The summed E-state index contributed by atoms with van der Waals surface area (Å²) in [6.45, 7) is 2.22. The number of ether oxygens (including phenoxy) is 1. The molecule has 1 aliphatic heterocycles. The molecule has 2 heterocycles. The Kier molecular flexibility index (Phi) is 2.56. The summed E-state index contributed by atoms with van der Waals surface area (Å²) in [5.74, 6) is 1.60. The number of hydrogen-bond donors (Lipinski definition) is 1. The number of aryl methyl sites for hydroxylation is 1. The number of methoxy groups -OCH3 is 1. The van der Waals surface area contributed by atoms with E-state index >= 15 is 0 Å². The molecule has 1 atom stereocenters. The van der Waals surface area contributed by atoms with Crippen molar-refractivity contribution in [3.63, 3.8) is 0 Å². The molecule has 0 amide bonds. The van der Waals surface area contributed by atoms with Gasteiger partial charge in [-0.25, -0.2) is 0 Å². The highest BCUT2D eigenvalue weighted by Gasteiger charge is 2.21. The molecule has 3 heteroatoms. The standard InChI is InChI=1S/C14H18N2O/c1-16-9-12(10-6-7-15-8-10)11-4-3-5-13(17-2)14(11)16/h3-5,9-10,15H,6-8H2,1-2H3. The average Bonchev–Trinajstić information content (AvgIpc) is 2.97. The van der Waals surface area contributed by atoms with Crippen LogP contribution < -0.4 is 10.1 Å². The second-order valence-electron chi connectivity index (χ2n) is 4.74. The minimum Gasteiger partial charge on any atom is -0.495 e. The molecule has 0 radical (unpaired) electrons. The molecule has 0 aliphatic carbocycles. The predicted octanol–water partition coefficient (Wildman–Crippen LogP) is 2.26. The average molecular weight is 230 g/mol. The Labute approximate surface area is 101 Å². The maximum atomic E-state index is 5.45. The molecule has 1 saturated heterocycles. The number of aromatic nitrogens is 1. The molecular formula is C14H18N2O. The zero-order valence-electron chi connectivity index (χ0n) is 10.4. The van der Waals surface area contributed by atoms with E-state index in [0.29, 0.717) is 5.92 Å². The van der Waals surface area contributed by atoms with Gasteiger partial charge in [-0.1, -0.05) is 12.1 Å². The van der Waals surface area contributed by atoms with Crippen LogP contribution in [0.2, 0.25) is 0 Å². The van der Waals surface area contributed by atoms with Gasteiger partial charge in [0.1, 0.15) is 5.75 Å². The molecule has 0 spiro atoms. The van der Waals surface area contributed by atoms with Gasteiger partial charge in [-0.15, -0.1) is 0 Å². The number of nitrogens with zero attached hydrogens (tertiary/aromatic N) is 1. The van der Waals surface area contributed by atoms with Crippen molar-refractivity contribution in [2.24, 2.45) is 7.05 Å². The number of nitrogens with one attached hydrogen (secondary N) is 1. The van der Waals surface area contributed by atoms with E-state index in [4.69, 9.17) is 4.74 Å². The van der Waals surface area contributed by atoms with E-state index in [-0.39, 0.29) is 0 Å². The lowest BCUT2D eigenvalue weighted by Gasteiger charge is -2.07. The molecule has 90 valence electrons. The highest BCUT2D eigenvalue weighted by atomic mass is 16.5. The van der Waals surface area contributed by atoms with Crippen molar-refractivity contribution >= 4 is 10.9 Å². The number of fused-ring (bicyclic) bond motifs is 1. The molecular weight excluding hydrogens is 212 g/mol. The monoisotopic (exact) mass is 230 g/mol. The maximum absolute atomic E-state index is 5.45. The van der Waals surface area contributed by atoms with E-state index in [1.807, 2.05) is 6.07 Å². The van der Waals surface area contributed by atoms with E-state index < -0.39 is 0 Å². The van der Waals surface area contributed by atoms with E-state index in [1.54, 1.807) is 7.11 Å². The molecule has 1 aromatic heterocycles. The van der Waals surface area contributed by atoms with Crippen molar-refractivity contribution in [1.29, 1.82) is 0 Å². The normalized spacial score (nSPS) is 20.0. The van der Waals surface area contributed by atoms with Gasteiger partial charge in [-0.05, 0) is 30.5 Å².